The fourth-order valence-corrected chi connectivity index (χ4v) is 7.62. The van der Waals surface area contributed by atoms with Gasteiger partial charge in [0.2, 0.25) is 11.8 Å². The van der Waals surface area contributed by atoms with Crippen molar-refractivity contribution in [3.63, 3.8) is 0 Å². The second-order valence-electron chi connectivity index (χ2n) is 13.7. The smallest absolute Gasteiger partial charge is 0.259 e. The molecule has 1 unspecified atom stereocenters. The summed E-state index contributed by atoms with van der Waals surface area (Å²) in [6.45, 7) is 1.95. The van der Waals surface area contributed by atoms with Gasteiger partial charge in [0.15, 0.2) is 0 Å². The second-order valence-corrected chi connectivity index (χ2v) is 13.7. The zero-order chi connectivity index (χ0) is 36.1. The summed E-state index contributed by atoms with van der Waals surface area (Å²) in [6.07, 6.45) is 5.80. The maximum atomic E-state index is 13.4. The normalized spacial score (nSPS) is 17.8. The lowest BCUT2D eigenvalue weighted by Gasteiger charge is -2.39. The Morgan fingerprint density at radius 3 is 2.29 bits per heavy atom. The summed E-state index contributed by atoms with van der Waals surface area (Å²) in [5.41, 5.74) is 4.92. The lowest BCUT2D eigenvalue weighted by Crippen LogP contribution is -2.52. The monoisotopic (exact) mass is 693 g/mol. The highest BCUT2D eigenvalue weighted by Gasteiger charge is 2.39. The van der Waals surface area contributed by atoms with Gasteiger partial charge < -0.3 is 33.6 Å². The molecule has 0 radical (unpaired) electrons. The second kappa shape index (κ2) is 13.3. The third-order valence-electron chi connectivity index (χ3n) is 10.6. The fourth-order valence-electron chi connectivity index (χ4n) is 7.62. The molecule has 2 aromatic heterocycles. The number of hydrogen-bond donors (Lipinski definition) is 1. The first-order valence-corrected chi connectivity index (χ1v) is 17.2. The van der Waals surface area contributed by atoms with E-state index in [1.54, 1.807) is 36.9 Å². The van der Waals surface area contributed by atoms with Crippen molar-refractivity contribution in [3.8, 4) is 22.6 Å². The van der Waals surface area contributed by atoms with Crippen molar-refractivity contribution in [1.82, 2.24) is 19.8 Å². The number of rotatable bonds is 8. The maximum absolute atomic E-state index is 13.4. The third kappa shape index (κ3) is 6.00. The lowest BCUT2D eigenvalue weighted by atomic mass is 9.98. The highest BCUT2D eigenvalue weighted by atomic mass is 16.5. The third-order valence-corrected chi connectivity index (χ3v) is 10.6. The Kier molecular flexibility index (Phi) is 8.82. The molecule has 0 bridgehead atoms. The van der Waals surface area contributed by atoms with Crippen molar-refractivity contribution in [2.75, 3.05) is 63.2 Å². The number of ether oxygens (including phenoxy) is 2. The highest BCUT2D eigenvalue weighted by molar-refractivity contribution is 6.06. The Hall–Kier alpha value is -5.59. The summed E-state index contributed by atoms with van der Waals surface area (Å²) >= 11 is 0. The molecule has 4 aromatic rings. The average Bonchev–Trinajstić information content (AvgIpc) is 3.46. The van der Waals surface area contributed by atoms with Crippen LogP contribution < -0.4 is 35.0 Å². The highest BCUT2D eigenvalue weighted by Crippen LogP contribution is 2.43. The van der Waals surface area contributed by atoms with Crippen molar-refractivity contribution >= 4 is 45.7 Å². The van der Waals surface area contributed by atoms with Crippen molar-refractivity contribution < 1.29 is 23.9 Å². The number of carbonyl (C=O) groups is 3. The van der Waals surface area contributed by atoms with E-state index in [4.69, 9.17) is 9.47 Å². The van der Waals surface area contributed by atoms with E-state index in [-0.39, 0.29) is 29.8 Å². The summed E-state index contributed by atoms with van der Waals surface area (Å²) in [5.74, 6) is 1.23. The molecular formula is C38H43N7O6. The molecule has 2 fully saturated rings. The van der Waals surface area contributed by atoms with Crippen molar-refractivity contribution in [1.29, 1.82) is 0 Å². The van der Waals surface area contributed by atoms with Gasteiger partial charge in [0.1, 0.15) is 23.4 Å². The van der Waals surface area contributed by atoms with Gasteiger partial charge in [0.05, 0.1) is 25.3 Å². The van der Waals surface area contributed by atoms with Crippen LogP contribution in [0.5, 0.6) is 11.5 Å². The minimum absolute atomic E-state index is 0.124. The molecule has 7 rings (SSSR count). The molecule has 13 heteroatoms. The molecule has 1 atom stereocenters. The number of benzene rings is 2. The number of methoxy groups -OCH3 is 2. The Balaban J connectivity index is 1.11. The number of hydrogen-bond acceptors (Lipinski definition) is 10. The number of pyridine rings is 2. The first-order valence-electron chi connectivity index (χ1n) is 17.2. The molecule has 0 aliphatic carbocycles. The van der Waals surface area contributed by atoms with Gasteiger partial charge in [-0.1, -0.05) is 6.07 Å². The van der Waals surface area contributed by atoms with Crippen molar-refractivity contribution in [3.05, 3.63) is 70.3 Å². The topological polar surface area (TPSA) is 130 Å². The van der Waals surface area contributed by atoms with Crippen LogP contribution in [0, 0.1) is 0 Å². The van der Waals surface area contributed by atoms with Crippen LogP contribution in [0.4, 0.5) is 17.2 Å². The molecule has 3 aliphatic heterocycles. The SMILES string of the molecule is COc1cc(N(C)C2CCN(c3ccc4c(c3)C(=O)N(C3CCC(=O)NC3=O)C4)CC2)c(OC)cc1-c1cn(C)c(=O)c2cnc(N(C)C)cc12. The number of carbonyl (C=O) groups excluding carboxylic acids is 3. The lowest BCUT2D eigenvalue weighted by molar-refractivity contribution is -0.136. The minimum atomic E-state index is -0.629. The van der Waals surface area contributed by atoms with E-state index in [0.29, 0.717) is 35.4 Å². The molecular weight excluding hydrogens is 650 g/mol. The van der Waals surface area contributed by atoms with Gasteiger partial charge in [0.25, 0.3) is 11.5 Å². The summed E-state index contributed by atoms with van der Waals surface area (Å²) in [4.78, 5) is 63.1. The van der Waals surface area contributed by atoms with E-state index in [2.05, 4.69) is 33.2 Å². The van der Waals surface area contributed by atoms with E-state index in [1.165, 1.54) is 0 Å². The van der Waals surface area contributed by atoms with Gasteiger partial charge in [-0.15, -0.1) is 0 Å². The predicted molar refractivity (Wildman–Crippen MR) is 196 cm³/mol. The number of aryl methyl sites for hydroxylation is 1. The number of anilines is 3. The maximum Gasteiger partial charge on any atom is 0.259 e. The standard InChI is InChI=1S/C38H43N7O6/c1-41(2)34-17-26-28(19-39-34)37(48)42(3)21-29(26)27-16-33(51-6)31(18-32(27)50-5)43(4)23-11-13-44(14-12-23)24-8-7-22-20-45(38(49)25(22)15-24)30-9-10-35(46)40-36(30)47/h7-8,15-19,21,23,30H,9-14,20H2,1-6H3,(H,40,46,47). The number of aromatic nitrogens is 2. The average molecular weight is 694 g/mol. The molecule has 3 amide bonds. The fraction of sp³-hybridized carbons (Fsp3) is 0.395. The van der Waals surface area contributed by atoms with E-state index in [9.17, 15) is 19.2 Å². The van der Waals surface area contributed by atoms with Crippen LogP contribution in [0.3, 0.4) is 0 Å². The van der Waals surface area contributed by atoms with Gasteiger partial charge in [0, 0.05) is 107 Å². The Bertz CT molecular complexity index is 2120. The van der Waals surface area contributed by atoms with Crippen LogP contribution in [0.2, 0.25) is 0 Å². The number of nitrogens with zero attached hydrogens (tertiary/aromatic N) is 6. The van der Waals surface area contributed by atoms with E-state index < -0.39 is 11.9 Å². The molecule has 3 aliphatic rings. The Morgan fingerprint density at radius 2 is 1.61 bits per heavy atom. The largest absolute Gasteiger partial charge is 0.496 e. The van der Waals surface area contributed by atoms with Crippen LogP contribution in [-0.4, -0.2) is 92.7 Å². The van der Waals surface area contributed by atoms with Gasteiger partial charge in [-0.2, -0.15) is 0 Å². The van der Waals surface area contributed by atoms with Gasteiger partial charge in [-0.05, 0) is 49.1 Å². The summed E-state index contributed by atoms with van der Waals surface area (Å²) in [5, 5.41) is 3.67. The molecule has 0 saturated carbocycles. The van der Waals surface area contributed by atoms with Crippen LogP contribution >= 0.6 is 0 Å². The summed E-state index contributed by atoms with van der Waals surface area (Å²) in [7, 11) is 11.0. The molecule has 13 nitrogen and oxygen atoms in total. The molecule has 2 saturated heterocycles. The number of imide groups is 1. The summed E-state index contributed by atoms with van der Waals surface area (Å²) in [6, 6.07) is 11.5. The number of amides is 3. The van der Waals surface area contributed by atoms with E-state index in [1.807, 2.05) is 55.5 Å². The molecule has 0 spiro atoms. The zero-order valence-electron chi connectivity index (χ0n) is 29.9. The molecule has 51 heavy (non-hydrogen) atoms. The van der Waals surface area contributed by atoms with Gasteiger partial charge >= 0.3 is 0 Å². The first-order chi connectivity index (χ1) is 24.5. The van der Waals surface area contributed by atoms with Gasteiger partial charge in [-0.25, -0.2) is 4.98 Å². The van der Waals surface area contributed by atoms with Crippen LogP contribution in [0.1, 0.15) is 41.6 Å². The molecule has 266 valence electrons. The predicted octanol–water partition coefficient (Wildman–Crippen LogP) is 3.55. The van der Waals surface area contributed by atoms with Crippen LogP contribution in [0.15, 0.2) is 53.6 Å². The van der Waals surface area contributed by atoms with Crippen molar-refractivity contribution in [2.45, 2.75) is 44.3 Å². The Labute approximate surface area is 296 Å². The Morgan fingerprint density at radius 1 is 0.863 bits per heavy atom. The van der Waals surface area contributed by atoms with Crippen LogP contribution in [-0.2, 0) is 23.2 Å². The number of fused-ring (bicyclic) bond motifs is 2. The van der Waals surface area contributed by atoms with E-state index in [0.717, 1.165) is 65.2 Å². The zero-order valence-corrected chi connectivity index (χ0v) is 29.9. The molecule has 5 heterocycles. The van der Waals surface area contributed by atoms with Crippen LogP contribution in [0.25, 0.3) is 21.9 Å². The molecule has 1 N–H and O–H groups in total. The van der Waals surface area contributed by atoms with Crippen molar-refractivity contribution in [2.24, 2.45) is 7.05 Å². The molecule has 2 aromatic carbocycles. The minimum Gasteiger partial charge on any atom is -0.496 e. The summed E-state index contributed by atoms with van der Waals surface area (Å²) < 4.78 is 13.5. The first kappa shape index (κ1) is 33.9. The quantitative estimate of drug-likeness (QED) is 0.274. The van der Waals surface area contributed by atoms with Gasteiger partial charge in [-0.3, -0.25) is 24.5 Å². The van der Waals surface area contributed by atoms with E-state index >= 15 is 0 Å². The number of piperidine rings is 2. The number of nitrogens with one attached hydrogen (secondary N) is 1.